The fourth-order valence-electron chi connectivity index (χ4n) is 2.28. The van der Waals surface area contributed by atoms with Gasteiger partial charge in [-0.15, -0.1) is 0 Å². The van der Waals surface area contributed by atoms with Crippen LogP contribution in [-0.2, 0) is 16.1 Å². The zero-order valence-electron chi connectivity index (χ0n) is 12.4. The summed E-state index contributed by atoms with van der Waals surface area (Å²) in [6, 6.07) is 5.47. The zero-order chi connectivity index (χ0) is 15.2. The predicted molar refractivity (Wildman–Crippen MR) is 81.7 cm³/mol. The van der Waals surface area contributed by atoms with Gasteiger partial charge in [-0.25, -0.2) is 0 Å². The number of amides is 1. The van der Waals surface area contributed by atoms with Gasteiger partial charge in [-0.3, -0.25) is 4.79 Å². The molecule has 5 nitrogen and oxygen atoms in total. The fourth-order valence-corrected chi connectivity index (χ4v) is 2.51. The third-order valence-electron chi connectivity index (χ3n) is 3.40. The van der Waals surface area contributed by atoms with E-state index in [0.29, 0.717) is 43.6 Å². The second-order valence-corrected chi connectivity index (χ2v) is 5.35. The molecule has 1 unspecified atom stereocenters. The molecule has 1 heterocycles. The number of morpholine rings is 1. The van der Waals surface area contributed by atoms with E-state index in [2.05, 4.69) is 5.32 Å². The molecule has 1 N–H and O–H groups in total. The number of ether oxygens (including phenoxy) is 2. The molecular formula is C15H21ClN2O3. The molecule has 21 heavy (non-hydrogen) atoms. The molecule has 1 aliphatic heterocycles. The molecule has 116 valence electrons. The first-order valence-electron chi connectivity index (χ1n) is 7.08. The molecule has 2 rings (SSSR count). The van der Waals surface area contributed by atoms with Crippen molar-refractivity contribution in [2.24, 2.45) is 0 Å². The SMILES string of the molecule is CNCc1c(Cl)cccc1OC(C)C(=O)N1CCOCC1. The van der Waals surface area contributed by atoms with Gasteiger partial charge in [0, 0.05) is 30.2 Å². The second kappa shape index (κ2) is 7.64. The molecule has 1 aromatic rings. The summed E-state index contributed by atoms with van der Waals surface area (Å²) in [5, 5.41) is 3.69. The molecule has 1 fully saturated rings. The number of hydrogen-bond acceptors (Lipinski definition) is 4. The van der Waals surface area contributed by atoms with E-state index in [1.165, 1.54) is 0 Å². The normalized spacial score (nSPS) is 16.6. The van der Waals surface area contributed by atoms with E-state index in [1.807, 2.05) is 25.2 Å². The van der Waals surface area contributed by atoms with Crippen LogP contribution < -0.4 is 10.1 Å². The number of rotatable bonds is 5. The van der Waals surface area contributed by atoms with Crippen molar-refractivity contribution >= 4 is 17.5 Å². The smallest absolute Gasteiger partial charge is 0.263 e. The highest BCUT2D eigenvalue weighted by molar-refractivity contribution is 6.31. The van der Waals surface area contributed by atoms with Crippen LogP contribution in [0, 0.1) is 0 Å². The van der Waals surface area contributed by atoms with Gasteiger partial charge in [-0.05, 0) is 26.1 Å². The Bertz CT molecular complexity index is 490. The van der Waals surface area contributed by atoms with Crippen molar-refractivity contribution in [3.63, 3.8) is 0 Å². The summed E-state index contributed by atoms with van der Waals surface area (Å²) in [6.45, 7) is 4.76. The maximum atomic E-state index is 12.4. The number of hydrogen-bond donors (Lipinski definition) is 1. The Hall–Kier alpha value is -1.30. The average molecular weight is 313 g/mol. The van der Waals surface area contributed by atoms with Crippen LogP contribution in [-0.4, -0.2) is 50.3 Å². The molecule has 0 radical (unpaired) electrons. The van der Waals surface area contributed by atoms with Crippen molar-refractivity contribution in [3.8, 4) is 5.75 Å². The third kappa shape index (κ3) is 4.09. The average Bonchev–Trinajstić information content (AvgIpc) is 2.51. The summed E-state index contributed by atoms with van der Waals surface area (Å²) < 4.78 is 11.1. The van der Waals surface area contributed by atoms with Crippen LogP contribution in [0.3, 0.4) is 0 Å². The summed E-state index contributed by atoms with van der Waals surface area (Å²) in [4.78, 5) is 14.1. The molecule has 1 amide bonds. The molecule has 0 aliphatic carbocycles. The first-order valence-corrected chi connectivity index (χ1v) is 7.46. The van der Waals surface area contributed by atoms with Crippen molar-refractivity contribution < 1.29 is 14.3 Å². The highest BCUT2D eigenvalue weighted by Gasteiger charge is 2.24. The minimum atomic E-state index is -0.544. The van der Waals surface area contributed by atoms with Crippen LogP contribution in [0.25, 0.3) is 0 Å². The molecular weight excluding hydrogens is 292 g/mol. The van der Waals surface area contributed by atoms with E-state index in [1.54, 1.807) is 11.8 Å². The zero-order valence-corrected chi connectivity index (χ0v) is 13.2. The monoisotopic (exact) mass is 312 g/mol. The van der Waals surface area contributed by atoms with E-state index in [9.17, 15) is 4.79 Å². The predicted octanol–water partition coefficient (Wildman–Crippen LogP) is 1.69. The number of carbonyl (C=O) groups is 1. The number of benzene rings is 1. The van der Waals surface area contributed by atoms with Crippen LogP contribution in [0.4, 0.5) is 0 Å². The van der Waals surface area contributed by atoms with Gasteiger partial charge in [0.25, 0.3) is 5.91 Å². The number of carbonyl (C=O) groups excluding carboxylic acids is 1. The van der Waals surface area contributed by atoms with Gasteiger partial charge in [0.15, 0.2) is 6.10 Å². The molecule has 0 spiro atoms. The van der Waals surface area contributed by atoms with Gasteiger partial charge in [0.05, 0.1) is 13.2 Å². The van der Waals surface area contributed by atoms with Crippen molar-refractivity contribution in [2.75, 3.05) is 33.4 Å². The molecule has 1 atom stereocenters. The standard InChI is InChI=1S/C15H21ClN2O3/c1-11(15(19)18-6-8-20-9-7-18)21-14-5-3-4-13(16)12(14)10-17-2/h3-5,11,17H,6-10H2,1-2H3. The van der Waals surface area contributed by atoms with Gasteiger partial charge in [-0.2, -0.15) is 0 Å². The molecule has 6 heteroatoms. The first-order chi connectivity index (χ1) is 10.1. The third-order valence-corrected chi connectivity index (χ3v) is 3.76. The number of halogens is 1. The maximum absolute atomic E-state index is 12.4. The number of nitrogens with zero attached hydrogens (tertiary/aromatic N) is 1. The van der Waals surface area contributed by atoms with Crippen LogP contribution in [0.15, 0.2) is 18.2 Å². The highest BCUT2D eigenvalue weighted by atomic mass is 35.5. The van der Waals surface area contributed by atoms with Gasteiger partial charge in [0.2, 0.25) is 0 Å². The van der Waals surface area contributed by atoms with Gasteiger partial charge < -0.3 is 19.7 Å². The van der Waals surface area contributed by atoms with Crippen LogP contribution in [0.5, 0.6) is 5.75 Å². The Balaban J connectivity index is 2.06. The Labute approximate surface area is 130 Å². The van der Waals surface area contributed by atoms with E-state index in [4.69, 9.17) is 21.1 Å². The lowest BCUT2D eigenvalue weighted by atomic mass is 10.2. The summed E-state index contributed by atoms with van der Waals surface area (Å²) in [7, 11) is 1.84. The van der Waals surface area contributed by atoms with Gasteiger partial charge in [-0.1, -0.05) is 17.7 Å². The first kappa shape index (κ1) is 16.1. The van der Waals surface area contributed by atoms with Crippen LogP contribution in [0.1, 0.15) is 12.5 Å². The van der Waals surface area contributed by atoms with E-state index in [0.717, 1.165) is 5.56 Å². The molecule has 1 saturated heterocycles. The lowest BCUT2D eigenvalue weighted by Crippen LogP contribution is -2.46. The van der Waals surface area contributed by atoms with E-state index >= 15 is 0 Å². The Morgan fingerprint density at radius 3 is 2.86 bits per heavy atom. The van der Waals surface area contributed by atoms with Crippen molar-refractivity contribution in [1.29, 1.82) is 0 Å². The van der Waals surface area contributed by atoms with E-state index in [-0.39, 0.29) is 5.91 Å². The molecule has 1 aromatic carbocycles. The molecule has 0 bridgehead atoms. The Kier molecular flexibility index (Phi) is 5.85. The molecule has 0 aromatic heterocycles. The highest BCUT2D eigenvalue weighted by Crippen LogP contribution is 2.27. The van der Waals surface area contributed by atoms with Gasteiger partial charge in [0.1, 0.15) is 5.75 Å². The van der Waals surface area contributed by atoms with Crippen molar-refractivity contribution in [3.05, 3.63) is 28.8 Å². The van der Waals surface area contributed by atoms with Crippen LogP contribution in [0.2, 0.25) is 5.02 Å². The largest absolute Gasteiger partial charge is 0.481 e. The molecule has 0 saturated carbocycles. The lowest BCUT2D eigenvalue weighted by molar-refractivity contribution is -0.142. The summed E-state index contributed by atoms with van der Waals surface area (Å²) >= 11 is 6.19. The van der Waals surface area contributed by atoms with Crippen LogP contribution >= 0.6 is 11.6 Å². The Morgan fingerprint density at radius 2 is 2.19 bits per heavy atom. The summed E-state index contributed by atoms with van der Waals surface area (Å²) in [5.74, 6) is 0.625. The van der Waals surface area contributed by atoms with Crippen molar-refractivity contribution in [1.82, 2.24) is 10.2 Å². The summed E-state index contributed by atoms with van der Waals surface area (Å²) in [5.41, 5.74) is 0.864. The fraction of sp³-hybridized carbons (Fsp3) is 0.533. The lowest BCUT2D eigenvalue weighted by Gasteiger charge is -2.29. The minimum absolute atomic E-state index is 0.0197. The maximum Gasteiger partial charge on any atom is 0.263 e. The quantitative estimate of drug-likeness (QED) is 0.899. The molecule has 1 aliphatic rings. The number of nitrogens with one attached hydrogen (secondary N) is 1. The Morgan fingerprint density at radius 1 is 1.48 bits per heavy atom. The van der Waals surface area contributed by atoms with E-state index < -0.39 is 6.10 Å². The topological polar surface area (TPSA) is 50.8 Å². The second-order valence-electron chi connectivity index (χ2n) is 4.94. The van der Waals surface area contributed by atoms with Crippen molar-refractivity contribution in [2.45, 2.75) is 19.6 Å². The minimum Gasteiger partial charge on any atom is -0.481 e. The van der Waals surface area contributed by atoms with Gasteiger partial charge >= 0.3 is 0 Å². The summed E-state index contributed by atoms with van der Waals surface area (Å²) in [6.07, 6.45) is -0.544.